The summed E-state index contributed by atoms with van der Waals surface area (Å²) in [6.07, 6.45) is 2.64. The molecule has 0 aliphatic rings. The molecule has 0 saturated carbocycles. The number of carboxylic acids is 1. The van der Waals surface area contributed by atoms with E-state index in [1.54, 1.807) is 24.3 Å². The summed E-state index contributed by atoms with van der Waals surface area (Å²) >= 11 is 13.3. The second-order valence-electron chi connectivity index (χ2n) is 3.91. The molecule has 0 unspecified atom stereocenters. The van der Waals surface area contributed by atoms with Crippen LogP contribution in [0.1, 0.15) is 10.4 Å². The van der Waals surface area contributed by atoms with Crippen molar-refractivity contribution < 1.29 is 14.6 Å². The number of hydrogen-bond donors (Lipinski definition) is 1. The monoisotopic (exact) mass is 328 g/mol. The fourth-order valence-electron chi connectivity index (χ4n) is 1.49. The predicted octanol–water partition coefficient (Wildman–Crippen LogP) is 4.73. The van der Waals surface area contributed by atoms with E-state index in [2.05, 4.69) is 0 Å². The van der Waals surface area contributed by atoms with Crippen LogP contribution >= 0.6 is 34.5 Å². The molecule has 0 spiro atoms. The van der Waals surface area contributed by atoms with Crippen LogP contribution in [0.2, 0.25) is 10.0 Å². The predicted molar refractivity (Wildman–Crippen MR) is 81.8 cm³/mol. The van der Waals surface area contributed by atoms with E-state index in [9.17, 15) is 4.79 Å². The van der Waals surface area contributed by atoms with Crippen LogP contribution in [-0.4, -0.2) is 11.1 Å². The van der Waals surface area contributed by atoms with E-state index in [0.29, 0.717) is 22.4 Å². The molecule has 0 aliphatic carbocycles. The molecule has 1 aromatic carbocycles. The van der Waals surface area contributed by atoms with Crippen molar-refractivity contribution in [3.8, 4) is 5.75 Å². The van der Waals surface area contributed by atoms with E-state index in [0.717, 1.165) is 16.5 Å². The van der Waals surface area contributed by atoms with E-state index in [-0.39, 0.29) is 0 Å². The first-order valence-electron chi connectivity index (χ1n) is 5.60. The van der Waals surface area contributed by atoms with Crippen LogP contribution in [0.5, 0.6) is 5.75 Å². The summed E-state index contributed by atoms with van der Waals surface area (Å²) in [5.41, 5.74) is 0.833. The Morgan fingerprint density at radius 3 is 2.60 bits per heavy atom. The Hall–Kier alpha value is -1.49. The SMILES string of the molecule is O=C(O)C=Cc1csc(COc2cc(Cl)cc(Cl)c2)c1. The van der Waals surface area contributed by atoms with Crippen LogP contribution in [0.15, 0.2) is 35.7 Å². The summed E-state index contributed by atoms with van der Waals surface area (Å²) in [6, 6.07) is 6.88. The highest BCUT2D eigenvalue weighted by Crippen LogP contribution is 2.25. The molecule has 1 heterocycles. The van der Waals surface area contributed by atoms with Gasteiger partial charge in [-0.05, 0) is 41.3 Å². The second-order valence-corrected chi connectivity index (χ2v) is 5.78. The van der Waals surface area contributed by atoms with Crippen LogP contribution in [-0.2, 0) is 11.4 Å². The molecule has 3 nitrogen and oxygen atoms in total. The molecular formula is C14H10Cl2O3S. The maximum Gasteiger partial charge on any atom is 0.328 e. The molecule has 20 heavy (non-hydrogen) atoms. The van der Waals surface area contributed by atoms with E-state index < -0.39 is 5.97 Å². The third-order valence-corrected chi connectivity index (χ3v) is 3.67. The summed E-state index contributed by atoms with van der Waals surface area (Å²) in [5, 5.41) is 11.5. The average molecular weight is 329 g/mol. The van der Waals surface area contributed by atoms with Gasteiger partial charge < -0.3 is 9.84 Å². The summed E-state index contributed by atoms with van der Waals surface area (Å²) < 4.78 is 5.59. The Kier molecular flexibility index (Phi) is 5.06. The van der Waals surface area contributed by atoms with Gasteiger partial charge in [0.05, 0.1) is 0 Å². The van der Waals surface area contributed by atoms with Gasteiger partial charge in [0.15, 0.2) is 0 Å². The Bertz CT molecular complexity index is 629. The van der Waals surface area contributed by atoms with E-state index in [4.69, 9.17) is 33.0 Å². The molecule has 0 bridgehead atoms. The number of thiophene rings is 1. The number of hydrogen-bond acceptors (Lipinski definition) is 3. The number of carbonyl (C=O) groups is 1. The highest BCUT2D eigenvalue weighted by Gasteiger charge is 2.02. The molecule has 0 saturated heterocycles. The lowest BCUT2D eigenvalue weighted by atomic mass is 10.3. The molecule has 0 amide bonds. The molecule has 0 radical (unpaired) electrons. The Labute approximate surface area is 130 Å². The van der Waals surface area contributed by atoms with E-state index in [1.807, 2.05) is 11.4 Å². The van der Waals surface area contributed by atoms with Crippen molar-refractivity contribution in [1.29, 1.82) is 0 Å². The van der Waals surface area contributed by atoms with E-state index >= 15 is 0 Å². The van der Waals surface area contributed by atoms with Crippen molar-refractivity contribution in [3.05, 3.63) is 56.2 Å². The minimum atomic E-state index is -0.970. The minimum Gasteiger partial charge on any atom is -0.488 e. The summed E-state index contributed by atoms with van der Waals surface area (Å²) in [5.74, 6) is -0.374. The van der Waals surface area contributed by atoms with Crippen LogP contribution in [0.4, 0.5) is 0 Å². The van der Waals surface area contributed by atoms with Crippen LogP contribution in [0, 0.1) is 0 Å². The number of carboxylic acid groups (broad SMARTS) is 1. The summed E-state index contributed by atoms with van der Waals surface area (Å²) in [6.45, 7) is 0.377. The summed E-state index contributed by atoms with van der Waals surface area (Å²) in [7, 11) is 0. The fraction of sp³-hybridized carbons (Fsp3) is 0.0714. The van der Waals surface area contributed by atoms with Gasteiger partial charge in [-0.1, -0.05) is 23.2 Å². The maximum atomic E-state index is 10.4. The van der Waals surface area contributed by atoms with Crippen molar-refractivity contribution >= 4 is 46.6 Å². The average Bonchev–Trinajstić information content (AvgIpc) is 2.81. The molecule has 2 aromatic rings. The first-order chi connectivity index (χ1) is 9.52. The minimum absolute atomic E-state index is 0.377. The number of ether oxygens (including phenoxy) is 1. The van der Waals surface area contributed by atoms with Gasteiger partial charge in [0.1, 0.15) is 12.4 Å². The van der Waals surface area contributed by atoms with Gasteiger partial charge in [-0.3, -0.25) is 0 Å². The van der Waals surface area contributed by atoms with Gasteiger partial charge in [-0.2, -0.15) is 0 Å². The second kappa shape index (κ2) is 6.79. The Morgan fingerprint density at radius 1 is 1.25 bits per heavy atom. The molecule has 6 heteroatoms. The van der Waals surface area contributed by atoms with Gasteiger partial charge in [0.2, 0.25) is 0 Å². The standard InChI is InChI=1S/C14H10Cl2O3S/c15-10-4-11(16)6-12(5-10)19-7-13-3-9(8-20-13)1-2-14(17)18/h1-6,8H,7H2,(H,17,18). The van der Waals surface area contributed by atoms with Crippen LogP contribution in [0.3, 0.4) is 0 Å². The topological polar surface area (TPSA) is 46.5 Å². The normalized spacial score (nSPS) is 10.9. The molecule has 1 aromatic heterocycles. The zero-order valence-electron chi connectivity index (χ0n) is 10.2. The quantitative estimate of drug-likeness (QED) is 0.807. The van der Waals surface area contributed by atoms with Gasteiger partial charge in [-0.25, -0.2) is 4.79 Å². The Balaban J connectivity index is 1.99. The fourth-order valence-corrected chi connectivity index (χ4v) is 2.77. The number of rotatable bonds is 5. The van der Waals surface area contributed by atoms with E-state index in [1.165, 1.54) is 11.3 Å². The van der Waals surface area contributed by atoms with Gasteiger partial charge in [0.25, 0.3) is 0 Å². The van der Waals surface area contributed by atoms with Crippen molar-refractivity contribution in [2.24, 2.45) is 0 Å². The highest BCUT2D eigenvalue weighted by molar-refractivity contribution is 7.10. The van der Waals surface area contributed by atoms with Crippen LogP contribution < -0.4 is 4.74 Å². The van der Waals surface area contributed by atoms with Crippen molar-refractivity contribution in [2.45, 2.75) is 6.61 Å². The maximum absolute atomic E-state index is 10.4. The number of halogens is 2. The van der Waals surface area contributed by atoms with Gasteiger partial charge in [0, 0.05) is 21.0 Å². The van der Waals surface area contributed by atoms with Gasteiger partial charge in [-0.15, -0.1) is 11.3 Å². The molecule has 0 fully saturated rings. The first kappa shape index (κ1) is 14.9. The lowest BCUT2D eigenvalue weighted by molar-refractivity contribution is -0.131. The third-order valence-electron chi connectivity index (χ3n) is 2.31. The highest BCUT2D eigenvalue weighted by atomic mass is 35.5. The molecule has 0 atom stereocenters. The number of benzene rings is 1. The zero-order valence-corrected chi connectivity index (χ0v) is 12.5. The Morgan fingerprint density at radius 2 is 1.95 bits per heavy atom. The largest absolute Gasteiger partial charge is 0.488 e. The molecule has 2 rings (SSSR count). The molecular weight excluding hydrogens is 319 g/mol. The number of aliphatic carboxylic acids is 1. The van der Waals surface area contributed by atoms with Crippen LogP contribution in [0.25, 0.3) is 6.08 Å². The van der Waals surface area contributed by atoms with Crippen molar-refractivity contribution in [3.63, 3.8) is 0 Å². The van der Waals surface area contributed by atoms with Gasteiger partial charge >= 0.3 is 5.97 Å². The summed E-state index contributed by atoms with van der Waals surface area (Å²) in [4.78, 5) is 11.4. The van der Waals surface area contributed by atoms with Crippen molar-refractivity contribution in [2.75, 3.05) is 0 Å². The van der Waals surface area contributed by atoms with Crippen molar-refractivity contribution in [1.82, 2.24) is 0 Å². The third kappa shape index (κ3) is 4.56. The zero-order chi connectivity index (χ0) is 14.5. The first-order valence-corrected chi connectivity index (χ1v) is 7.24. The molecule has 1 N–H and O–H groups in total. The lowest BCUT2D eigenvalue weighted by Crippen LogP contribution is -1.92. The molecule has 0 aliphatic heterocycles. The smallest absolute Gasteiger partial charge is 0.328 e. The molecule has 104 valence electrons. The lowest BCUT2D eigenvalue weighted by Gasteiger charge is -2.05.